The second-order valence-electron chi connectivity index (χ2n) is 5.64. The van der Waals surface area contributed by atoms with Gasteiger partial charge in [-0.25, -0.2) is 0 Å². The number of anilines is 1. The maximum Gasteiger partial charge on any atom is 0.265 e. The van der Waals surface area contributed by atoms with E-state index in [0.717, 1.165) is 6.42 Å². The summed E-state index contributed by atoms with van der Waals surface area (Å²) in [7, 11) is 0. The number of nitrogens with one attached hydrogen (secondary N) is 2. The summed E-state index contributed by atoms with van der Waals surface area (Å²) < 4.78 is 5.61. The van der Waals surface area contributed by atoms with Crippen molar-refractivity contribution in [1.82, 2.24) is 5.32 Å². The molecule has 0 unspecified atom stereocenters. The van der Waals surface area contributed by atoms with Crippen LogP contribution in [-0.4, -0.2) is 24.0 Å². The largest absolute Gasteiger partial charge is 0.478 e. The van der Waals surface area contributed by atoms with E-state index in [9.17, 15) is 9.59 Å². The maximum atomic E-state index is 12.5. The topological polar surface area (TPSA) is 67.4 Å². The highest BCUT2D eigenvalue weighted by Crippen LogP contribution is 2.33. The molecular formula is C17H18N2O3S. The average molecular weight is 330 g/mol. The van der Waals surface area contributed by atoms with E-state index in [4.69, 9.17) is 4.74 Å². The predicted molar refractivity (Wildman–Crippen MR) is 90.1 cm³/mol. The summed E-state index contributed by atoms with van der Waals surface area (Å²) in [6.45, 7) is 3.63. The second-order valence-corrected chi connectivity index (χ2v) is 6.42. The first-order chi connectivity index (χ1) is 11.0. The Hall–Kier alpha value is -2.34. The van der Waals surface area contributed by atoms with E-state index in [1.165, 1.54) is 5.56 Å². The molecule has 0 aliphatic carbocycles. The molecular weight excluding hydrogens is 312 g/mol. The number of hydrogen-bond acceptors (Lipinski definition) is 4. The second kappa shape index (κ2) is 6.42. The minimum absolute atomic E-state index is 0.00330. The molecule has 2 aromatic rings. The van der Waals surface area contributed by atoms with Gasteiger partial charge in [-0.3, -0.25) is 9.59 Å². The quantitative estimate of drug-likeness (QED) is 0.906. The van der Waals surface area contributed by atoms with Crippen molar-refractivity contribution in [2.75, 3.05) is 5.32 Å². The molecule has 120 valence electrons. The number of rotatable bonds is 4. The zero-order valence-corrected chi connectivity index (χ0v) is 13.8. The summed E-state index contributed by atoms with van der Waals surface area (Å²) in [5.41, 5.74) is 2.17. The Morgan fingerprint density at radius 2 is 2.26 bits per heavy atom. The zero-order valence-electron chi connectivity index (χ0n) is 13.0. The highest BCUT2D eigenvalue weighted by molar-refractivity contribution is 7.07. The van der Waals surface area contributed by atoms with E-state index in [0.29, 0.717) is 17.0 Å². The molecule has 0 spiro atoms. The summed E-state index contributed by atoms with van der Waals surface area (Å²) in [5.74, 6) is 0.0219. The van der Waals surface area contributed by atoms with Crippen LogP contribution in [0, 0.1) is 0 Å². The Morgan fingerprint density at radius 1 is 1.43 bits per heavy atom. The van der Waals surface area contributed by atoms with Crippen LogP contribution in [0.3, 0.4) is 0 Å². The summed E-state index contributed by atoms with van der Waals surface area (Å²) in [5, 5.41) is 9.84. The number of thiophene rings is 1. The van der Waals surface area contributed by atoms with E-state index in [2.05, 4.69) is 22.1 Å². The van der Waals surface area contributed by atoms with Crippen LogP contribution < -0.4 is 15.4 Å². The van der Waals surface area contributed by atoms with Gasteiger partial charge in [0.05, 0.1) is 11.3 Å². The van der Waals surface area contributed by atoms with Crippen LogP contribution >= 0.6 is 11.3 Å². The third-order valence-electron chi connectivity index (χ3n) is 3.68. The minimum atomic E-state index is -0.611. The molecule has 2 atom stereocenters. The van der Waals surface area contributed by atoms with E-state index < -0.39 is 6.10 Å². The first-order valence-corrected chi connectivity index (χ1v) is 8.41. The van der Waals surface area contributed by atoms with Crippen molar-refractivity contribution in [2.24, 2.45) is 0 Å². The SMILES string of the molecule is C[C@@H]1Oc2c(cccc2C(=O)N[C@@H](C)Cc2ccsc2)NC1=O. The molecule has 0 radical (unpaired) electrons. The third-order valence-corrected chi connectivity index (χ3v) is 4.41. The Bertz CT molecular complexity index is 727. The molecule has 6 heteroatoms. The molecule has 1 aliphatic heterocycles. The van der Waals surface area contributed by atoms with Crippen LogP contribution in [0.5, 0.6) is 5.75 Å². The standard InChI is InChI=1S/C17H18N2O3S/c1-10(8-12-6-7-23-9-12)18-17(21)13-4-3-5-14-15(13)22-11(2)16(20)19-14/h3-7,9-11H,8H2,1-2H3,(H,18,21)(H,19,20)/t10-,11-/m0/s1. The Kier molecular flexibility index (Phi) is 4.34. The highest BCUT2D eigenvalue weighted by Gasteiger charge is 2.27. The molecule has 2 heterocycles. The number of amides is 2. The lowest BCUT2D eigenvalue weighted by Crippen LogP contribution is -2.37. The summed E-state index contributed by atoms with van der Waals surface area (Å²) in [4.78, 5) is 24.2. The van der Waals surface area contributed by atoms with Gasteiger partial charge >= 0.3 is 0 Å². The molecule has 1 aromatic heterocycles. The molecule has 1 aliphatic rings. The van der Waals surface area contributed by atoms with Crippen LogP contribution in [0.4, 0.5) is 5.69 Å². The number of ether oxygens (including phenoxy) is 1. The first-order valence-electron chi connectivity index (χ1n) is 7.47. The molecule has 2 amide bonds. The summed E-state index contributed by atoms with van der Waals surface area (Å²) >= 11 is 1.64. The lowest BCUT2D eigenvalue weighted by atomic mass is 10.1. The minimum Gasteiger partial charge on any atom is -0.478 e. The van der Waals surface area contributed by atoms with Gasteiger partial charge in [0.15, 0.2) is 11.9 Å². The molecule has 0 saturated carbocycles. The number of carbonyl (C=O) groups is 2. The lowest BCUT2D eigenvalue weighted by Gasteiger charge is -2.25. The zero-order chi connectivity index (χ0) is 16.4. The van der Waals surface area contributed by atoms with Gasteiger partial charge in [-0.1, -0.05) is 6.07 Å². The van der Waals surface area contributed by atoms with Gasteiger partial charge in [0.1, 0.15) is 0 Å². The summed E-state index contributed by atoms with van der Waals surface area (Å²) in [6, 6.07) is 7.22. The van der Waals surface area contributed by atoms with E-state index in [1.54, 1.807) is 36.5 Å². The van der Waals surface area contributed by atoms with Crippen molar-refractivity contribution in [1.29, 1.82) is 0 Å². The summed E-state index contributed by atoms with van der Waals surface area (Å²) in [6.07, 6.45) is 0.165. The number of hydrogen-bond donors (Lipinski definition) is 2. The van der Waals surface area contributed by atoms with Gasteiger partial charge in [-0.2, -0.15) is 11.3 Å². The average Bonchev–Trinajstić information content (AvgIpc) is 3.00. The molecule has 0 fully saturated rings. The van der Waals surface area contributed by atoms with Crippen LogP contribution in [0.1, 0.15) is 29.8 Å². The van der Waals surface area contributed by atoms with Crippen molar-refractivity contribution in [3.05, 3.63) is 46.2 Å². The van der Waals surface area contributed by atoms with Crippen LogP contribution in [0.25, 0.3) is 0 Å². The molecule has 0 bridgehead atoms. The Morgan fingerprint density at radius 3 is 3.00 bits per heavy atom. The fourth-order valence-corrected chi connectivity index (χ4v) is 3.20. The smallest absolute Gasteiger partial charge is 0.265 e. The molecule has 2 N–H and O–H groups in total. The van der Waals surface area contributed by atoms with Crippen LogP contribution in [-0.2, 0) is 11.2 Å². The van der Waals surface area contributed by atoms with E-state index >= 15 is 0 Å². The number of fused-ring (bicyclic) bond motifs is 1. The monoisotopic (exact) mass is 330 g/mol. The van der Waals surface area contributed by atoms with Crippen molar-refractivity contribution >= 4 is 28.8 Å². The Balaban J connectivity index is 1.75. The van der Waals surface area contributed by atoms with E-state index in [1.807, 2.05) is 12.3 Å². The predicted octanol–water partition coefficient (Wildman–Crippen LogP) is 2.83. The van der Waals surface area contributed by atoms with Crippen molar-refractivity contribution in [2.45, 2.75) is 32.4 Å². The highest BCUT2D eigenvalue weighted by atomic mass is 32.1. The number of para-hydroxylation sites is 1. The van der Waals surface area contributed by atoms with Crippen molar-refractivity contribution in [3.63, 3.8) is 0 Å². The lowest BCUT2D eigenvalue weighted by molar-refractivity contribution is -0.122. The van der Waals surface area contributed by atoms with Gasteiger partial charge in [0.2, 0.25) is 0 Å². The third kappa shape index (κ3) is 3.37. The molecule has 0 saturated heterocycles. The van der Waals surface area contributed by atoms with Crippen LogP contribution in [0.15, 0.2) is 35.0 Å². The first kappa shape index (κ1) is 15.6. The molecule has 1 aromatic carbocycles. The van der Waals surface area contributed by atoms with E-state index in [-0.39, 0.29) is 17.9 Å². The van der Waals surface area contributed by atoms with Gasteiger partial charge in [0, 0.05) is 6.04 Å². The van der Waals surface area contributed by atoms with Gasteiger partial charge in [-0.05, 0) is 54.8 Å². The van der Waals surface area contributed by atoms with Gasteiger partial charge < -0.3 is 15.4 Å². The number of carbonyl (C=O) groups excluding carboxylic acids is 2. The maximum absolute atomic E-state index is 12.5. The molecule has 5 nitrogen and oxygen atoms in total. The Labute approximate surface area is 138 Å². The van der Waals surface area contributed by atoms with Gasteiger partial charge in [0.25, 0.3) is 11.8 Å². The molecule has 3 rings (SSSR count). The fraction of sp³-hybridized carbons (Fsp3) is 0.294. The normalized spacial score (nSPS) is 17.7. The molecule has 23 heavy (non-hydrogen) atoms. The van der Waals surface area contributed by atoms with Crippen molar-refractivity contribution < 1.29 is 14.3 Å². The van der Waals surface area contributed by atoms with Crippen molar-refractivity contribution in [3.8, 4) is 5.75 Å². The van der Waals surface area contributed by atoms with Crippen LogP contribution in [0.2, 0.25) is 0 Å². The fourth-order valence-electron chi connectivity index (χ4n) is 2.52. The number of benzene rings is 1. The van der Waals surface area contributed by atoms with Gasteiger partial charge in [-0.15, -0.1) is 0 Å².